The lowest BCUT2D eigenvalue weighted by Gasteiger charge is -2.40. The summed E-state index contributed by atoms with van der Waals surface area (Å²) >= 11 is 0. The van der Waals surface area contributed by atoms with Gasteiger partial charge in [-0.2, -0.15) is 0 Å². The molecule has 1 aromatic carbocycles. The van der Waals surface area contributed by atoms with Crippen molar-refractivity contribution >= 4 is 17.0 Å². The second-order valence-electron chi connectivity index (χ2n) is 6.60. The molecule has 28 heavy (non-hydrogen) atoms. The lowest BCUT2D eigenvalue weighted by molar-refractivity contribution is -0.250. The number of nitrogens with one attached hydrogen (secondary N) is 1. The highest BCUT2D eigenvalue weighted by atomic mass is 16.6. The molecule has 5 N–H and O–H groups in total. The highest BCUT2D eigenvalue weighted by Crippen LogP contribution is 2.31. The molecule has 1 saturated heterocycles. The summed E-state index contributed by atoms with van der Waals surface area (Å²) in [5.41, 5.74) is 1.92. The van der Waals surface area contributed by atoms with Crippen LogP contribution in [-0.2, 0) is 11.3 Å². The summed E-state index contributed by atoms with van der Waals surface area (Å²) in [7, 11) is 0. The first-order valence-electron chi connectivity index (χ1n) is 8.86. The zero-order chi connectivity index (χ0) is 19.7. The molecule has 0 saturated carbocycles. The Morgan fingerprint density at radius 2 is 1.79 bits per heavy atom. The van der Waals surface area contributed by atoms with Crippen molar-refractivity contribution in [2.45, 2.75) is 37.2 Å². The number of anilines is 1. The van der Waals surface area contributed by atoms with Crippen LogP contribution in [-0.4, -0.2) is 71.0 Å². The van der Waals surface area contributed by atoms with Crippen LogP contribution in [0.1, 0.15) is 11.8 Å². The summed E-state index contributed by atoms with van der Waals surface area (Å²) in [6, 6.07) is 9.80. The van der Waals surface area contributed by atoms with Crippen LogP contribution in [0, 0.1) is 0 Å². The molecule has 1 aliphatic heterocycles. The van der Waals surface area contributed by atoms with Gasteiger partial charge in [0.25, 0.3) is 0 Å². The molecule has 148 valence electrons. The number of nitrogens with zero attached hydrogens (tertiary/aromatic N) is 4. The zero-order valence-electron chi connectivity index (χ0n) is 14.8. The first-order valence-corrected chi connectivity index (χ1v) is 8.86. The van der Waals surface area contributed by atoms with Gasteiger partial charge in [-0.1, -0.05) is 30.3 Å². The molecular weight excluding hydrogens is 366 g/mol. The minimum Gasteiger partial charge on any atom is -0.394 e. The molecule has 2 aromatic heterocycles. The highest BCUT2D eigenvalue weighted by molar-refractivity contribution is 5.82. The lowest BCUT2D eigenvalue weighted by Crippen LogP contribution is -2.56. The van der Waals surface area contributed by atoms with E-state index in [1.807, 2.05) is 30.3 Å². The van der Waals surface area contributed by atoms with E-state index in [1.165, 1.54) is 17.2 Å². The van der Waals surface area contributed by atoms with Crippen LogP contribution in [0.2, 0.25) is 0 Å². The van der Waals surface area contributed by atoms with Crippen molar-refractivity contribution in [2.24, 2.45) is 0 Å². The Labute approximate surface area is 160 Å². The third-order valence-electron chi connectivity index (χ3n) is 4.80. The smallest absolute Gasteiger partial charge is 0.167 e. The second kappa shape index (κ2) is 7.78. The number of hydrogen-bond donors (Lipinski definition) is 5. The minimum atomic E-state index is -1.48. The third-order valence-corrected chi connectivity index (χ3v) is 4.80. The van der Waals surface area contributed by atoms with Gasteiger partial charge in [0, 0.05) is 6.54 Å². The van der Waals surface area contributed by atoms with Gasteiger partial charge >= 0.3 is 0 Å². The average molecular weight is 387 g/mol. The number of aromatic nitrogens is 4. The van der Waals surface area contributed by atoms with E-state index in [4.69, 9.17) is 4.74 Å². The highest BCUT2D eigenvalue weighted by Gasteiger charge is 2.44. The normalized spacial score (nSPS) is 27.8. The maximum atomic E-state index is 10.3. The number of fused-ring (bicyclic) bond motifs is 1. The van der Waals surface area contributed by atoms with Crippen molar-refractivity contribution in [3.63, 3.8) is 0 Å². The van der Waals surface area contributed by atoms with Crippen molar-refractivity contribution in [3.8, 4) is 0 Å². The summed E-state index contributed by atoms with van der Waals surface area (Å²) in [6.45, 7) is 0.0345. The molecule has 0 bridgehead atoms. The number of aliphatic hydroxyl groups is 4. The Kier molecular flexibility index (Phi) is 5.20. The summed E-state index contributed by atoms with van der Waals surface area (Å²) in [6.07, 6.45) is -3.64. The fraction of sp³-hybridized carbons (Fsp3) is 0.389. The number of benzene rings is 1. The van der Waals surface area contributed by atoms with E-state index in [0.717, 1.165) is 5.56 Å². The molecule has 0 spiro atoms. The van der Waals surface area contributed by atoms with Gasteiger partial charge in [-0.25, -0.2) is 15.0 Å². The second-order valence-corrected chi connectivity index (χ2v) is 6.60. The number of aliphatic hydroxyl groups excluding tert-OH is 4. The molecule has 3 heterocycles. The van der Waals surface area contributed by atoms with Gasteiger partial charge < -0.3 is 30.5 Å². The van der Waals surface area contributed by atoms with E-state index < -0.39 is 37.3 Å². The predicted octanol–water partition coefficient (Wildman–Crippen LogP) is -0.589. The fourth-order valence-electron chi connectivity index (χ4n) is 3.26. The van der Waals surface area contributed by atoms with Gasteiger partial charge in [0.15, 0.2) is 23.2 Å². The Bertz CT molecular complexity index is 935. The largest absolute Gasteiger partial charge is 0.394 e. The first kappa shape index (κ1) is 18.7. The molecule has 3 aromatic rings. The van der Waals surface area contributed by atoms with Gasteiger partial charge in [0.1, 0.15) is 30.7 Å². The van der Waals surface area contributed by atoms with Crippen molar-refractivity contribution < 1.29 is 25.2 Å². The van der Waals surface area contributed by atoms with Crippen molar-refractivity contribution in [2.75, 3.05) is 11.9 Å². The van der Waals surface area contributed by atoms with Crippen molar-refractivity contribution in [3.05, 3.63) is 48.5 Å². The van der Waals surface area contributed by atoms with Crippen molar-refractivity contribution in [1.82, 2.24) is 19.5 Å². The molecule has 1 fully saturated rings. The average Bonchev–Trinajstić information content (AvgIpc) is 3.16. The van der Waals surface area contributed by atoms with Crippen LogP contribution in [0.3, 0.4) is 0 Å². The van der Waals surface area contributed by atoms with Crippen LogP contribution in [0.25, 0.3) is 11.2 Å². The molecule has 10 heteroatoms. The van der Waals surface area contributed by atoms with Gasteiger partial charge in [0.05, 0.1) is 12.9 Å². The van der Waals surface area contributed by atoms with Gasteiger partial charge in [0.2, 0.25) is 0 Å². The maximum absolute atomic E-state index is 10.3. The summed E-state index contributed by atoms with van der Waals surface area (Å²) < 4.78 is 7.04. The summed E-state index contributed by atoms with van der Waals surface area (Å²) in [4.78, 5) is 12.8. The van der Waals surface area contributed by atoms with E-state index in [9.17, 15) is 20.4 Å². The van der Waals surface area contributed by atoms with Crippen LogP contribution in [0.5, 0.6) is 0 Å². The Hall–Kier alpha value is -2.63. The predicted molar refractivity (Wildman–Crippen MR) is 98.1 cm³/mol. The first-order chi connectivity index (χ1) is 13.6. The van der Waals surface area contributed by atoms with Crippen LogP contribution in [0.4, 0.5) is 5.82 Å². The van der Waals surface area contributed by atoms with Crippen molar-refractivity contribution in [1.29, 1.82) is 0 Å². The fourth-order valence-corrected chi connectivity index (χ4v) is 3.26. The number of ether oxygens (including phenoxy) is 1. The summed E-state index contributed by atoms with van der Waals surface area (Å²) in [5.74, 6) is 0.511. The zero-order valence-corrected chi connectivity index (χ0v) is 14.8. The molecule has 0 radical (unpaired) electrons. The molecular formula is C18H21N5O5. The number of hydrogen-bond acceptors (Lipinski definition) is 9. The molecule has 0 unspecified atom stereocenters. The standard InChI is InChI=1S/C18H21N5O5/c24-7-11-13(25)14(26)15(27)18(28-11)23-9-22-12-16(20-8-21-17(12)23)19-6-10-4-2-1-3-5-10/h1-5,8-9,11,13-15,18,24-27H,6-7H2,(H,19,20,21)/t11-,13-,14+,15-,18-/m1/s1. The molecule has 4 rings (SSSR count). The monoisotopic (exact) mass is 387 g/mol. The van der Waals surface area contributed by atoms with E-state index >= 15 is 0 Å². The SMILES string of the molecule is OC[C@H]1O[C@@H](n2cnc3c(NCc4ccccc4)ncnc32)[C@H](O)[C@@H](O)[C@@H]1O. The van der Waals surface area contributed by atoms with E-state index in [-0.39, 0.29) is 0 Å². The Morgan fingerprint density at radius 3 is 2.54 bits per heavy atom. The summed E-state index contributed by atoms with van der Waals surface area (Å²) in [5, 5.41) is 42.9. The van der Waals surface area contributed by atoms with Gasteiger partial charge in [-0.3, -0.25) is 4.57 Å². The van der Waals surface area contributed by atoms with Gasteiger partial charge in [-0.05, 0) is 5.56 Å². The van der Waals surface area contributed by atoms with Crippen LogP contribution >= 0.6 is 0 Å². The molecule has 10 nitrogen and oxygen atoms in total. The van der Waals surface area contributed by atoms with E-state index in [2.05, 4.69) is 20.3 Å². The van der Waals surface area contributed by atoms with Crippen LogP contribution < -0.4 is 5.32 Å². The Morgan fingerprint density at radius 1 is 1.00 bits per heavy atom. The molecule has 0 aliphatic carbocycles. The molecule has 5 atom stereocenters. The molecule has 0 amide bonds. The lowest BCUT2D eigenvalue weighted by atomic mass is 9.98. The Balaban J connectivity index is 1.62. The number of rotatable bonds is 5. The minimum absolute atomic E-state index is 0.384. The third kappa shape index (κ3) is 3.32. The quantitative estimate of drug-likeness (QED) is 0.388. The van der Waals surface area contributed by atoms with Crippen LogP contribution in [0.15, 0.2) is 43.0 Å². The van der Waals surface area contributed by atoms with E-state index in [1.54, 1.807) is 0 Å². The van der Waals surface area contributed by atoms with E-state index in [0.29, 0.717) is 23.5 Å². The molecule has 1 aliphatic rings. The van der Waals surface area contributed by atoms with Gasteiger partial charge in [-0.15, -0.1) is 0 Å². The maximum Gasteiger partial charge on any atom is 0.167 e. The number of imidazole rings is 1. The topological polar surface area (TPSA) is 146 Å².